The van der Waals surface area contributed by atoms with Gasteiger partial charge in [-0.3, -0.25) is 0 Å². The van der Waals surface area contributed by atoms with Crippen LogP contribution in [0.15, 0.2) is 63.9 Å². The van der Waals surface area contributed by atoms with Crippen LogP contribution in [0.5, 0.6) is 0 Å². The van der Waals surface area contributed by atoms with E-state index in [-0.39, 0.29) is 0 Å². The number of anilines is 1. The molecule has 2 rings (SSSR count). The van der Waals surface area contributed by atoms with Crippen molar-refractivity contribution in [1.82, 2.24) is 0 Å². The lowest BCUT2D eigenvalue weighted by molar-refractivity contribution is 0.319. The van der Waals surface area contributed by atoms with Gasteiger partial charge < -0.3 is 10.1 Å². The smallest absolute Gasteiger partial charge is 0.0858 e. The molecule has 0 aliphatic heterocycles. The second kappa shape index (κ2) is 6.65. The summed E-state index contributed by atoms with van der Waals surface area (Å²) >= 11 is 0. The monoisotopic (exact) mass is 282 g/mol. The van der Waals surface area contributed by atoms with Gasteiger partial charge in [0.15, 0.2) is 0 Å². The minimum atomic E-state index is 0.567. The van der Waals surface area contributed by atoms with Crippen LogP contribution in [0.4, 0.5) is 17.1 Å². The molecule has 2 aromatic rings. The average Bonchev–Trinajstić information content (AvgIpc) is 2.53. The van der Waals surface area contributed by atoms with Gasteiger partial charge in [0, 0.05) is 19.8 Å². The molecule has 5 nitrogen and oxygen atoms in total. The maximum atomic E-state index is 8.71. The number of benzene rings is 2. The van der Waals surface area contributed by atoms with Crippen LogP contribution < -0.4 is 4.90 Å². The normalized spacial score (nSPS) is 11.9. The quantitative estimate of drug-likeness (QED) is 0.392. The summed E-state index contributed by atoms with van der Waals surface area (Å²) in [7, 11) is 3.99. The molecule has 0 aliphatic carbocycles. The topological polar surface area (TPSA) is 60.6 Å². The Bertz CT molecular complexity index is 643. The molecule has 108 valence electrons. The highest BCUT2D eigenvalue weighted by Gasteiger charge is 1.98. The van der Waals surface area contributed by atoms with E-state index in [2.05, 4.69) is 15.4 Å². The summed E-state index contributed by atoms with van der Waals surface area (Å²) < 4.78 is 0. The molecule has 0 bridgehead atoms. The zero-order valence-electron chi connectivity index (χ0n) is 12.4. The lowest BCUT2D eigenvalue weighted by Gasteiger charge is -2.11. The van der Waals surface area contributed by atoms with Gasteiger partial charge in [0.1, 0.15) is 0 Å². The summed E-state index contributed by atoms with van der Waals surface area (Å²) in [5.41, 5.74) is 4.10. The molecule has 0 fully saturated rings. The number of hydrogen-bond acceptors (Lipinski definition) is 5. The maximum absolute atomic E-state index is 8.71. The van der Waals surface area contributed by atoms with E-state index in [1.807, 2.05) is 67.5 Å². The van der Waals surface area contributed by atoms with Gasteiger partial charge in [-0.2, -0.15) is 10.2 Å². The van der Waals surface area contributed by atoms with Gasteiger partial charge in [-0.1, -0.05) is 17.3 Å². The molecular weight excluding hydrogens is 264 g/mol. The van der Waals surface area contributed by atoms with E-state index >= 15 is 0 Å². The summed E-state index contributed by atoms with van der Waals surface area (Å²) in [5.74, 6) is 0. The fraction of sp³-hybridized carbons (Fsp3) is 0.188. The Morgan fingerprint density at radius 1 is 0.857 bits per heavy atom. The standard InChI is InChI=1S/C16H18N4O/c1-12(19-21)13-4-6-14(7-5-13)17-18-15-8-10-16(11-9-15)20(2)3/h4-11,21H,1-3H3. The lowest BCUT2D eigenvalue weighted by Crippen LogP contribution is -2.07. The number of nitrogens with zero attached hydrogens (tertiary/aromatic N) is 4. The predicted octanol–water partition coefficient (Wildman–Crippen LogP) is 4.37. The Kier molecular flexibility index (Phi) is 4.66. The van der Waals surface area contributed by atoms with Gasteiger partial charge in [0.2, 0.25) is 0 Å². The maximum Gasteiger partial charge on any atom is 0.0858 e. The molecular formula is C16H18N4O. The first kappa shape index (κ1) is 14.7. The van der Waals surface area contributed by atoms with Gasteiger partial charge in [-0.05, 0) is 48.9 Å². The summed E-state index contributed by atoms with van der Waals surface area (Å²) in [6.07, 6.45) is 0. The second-order valence-electron chi connectivity index (χ2n) is 4.84. The summed E-state index contributed by atoms with van der Waals surface area (Å²) in [4.78, 5) is 2.03. The third kappa shape index (κ3) is 3.89. The Morgan fingerprint density at radius 3 is 1.76 bits per heavy atom. The molecule has 0 radical (unpaired) electrons. The number of oxime groups is 1. The Labute approximate surface area is 124 Å². The minimum absolute atomic E-state index is 0.567. The highest BCUT2D eigenvalue weighted by molar-refractivity contribution is 5.98. The van der Waals surface area contributed by atoms with Crippen LogP contribution in [0.2, 0.25) is 0 Å². The SMILES string of the molecule is CC(=NO)c1ccc(N=Nc2ccc(N(C)C)cc2)cc1. The molecule has 0 spiro atoms. The molecule has 0 aromatic heterocycles. The fourth-order valence-corrected chi connectivity index (χ4v) is 1.76. The van der Waals surface area contributed by atoms with E-state index in [0.717, 1.165) is 22.6 Å². The minimum Gasteiger partial charge on any atom is -0.411 e. The number of hydrogen-bond donors (Lipinski definition) is 1. The highest BCUT2D eigenvalue weighted by atomic mass is 16.4. The van der Waals surface area contributed by atoms with Crippen molar-refractivity contribution in [2.75, 3.05) is 19.0 Å². The molecule has 0 amide bonds. The molecule has 0 aliphatic rings. The third-order valence-electron chi connectivity index (χ3n) is 3.08. The van der Waals surface area contributed by atoms with Crippen molar-refractivity contribution in [3.05, 3.63) is 54.1 Å². The van der Waals surface area contributed by atoms with Gasteiger partial charge in [-0.25, -0.2) is 0 Å². The number of rotatable bonds is 4. The molecule has 0 unspecified atom stereocenters. The third-order valence-corrected chi connectivity index (χ3v) is 3.08. The molecule has 0 saturated heterocycles. The van der Waals surface area contributed by atoms with Gasteiger partial charge >= 0.3 is 0 Å². The van der Waals surface area contributed by atoms with Crippen LogP contribution in [0, 0.1) is 0 Å². The van der Waals surface area contributed by atoms with E-state index in [1.54, 1.807) is 6.92 Å². The zero-order valence-corrected chi connectivity index (χ0v) is 12.4. The summed E-state index contributed by atoms with van der Waals surface area (Å²) in [6.45, 7) is 1.74. The van der Waals surface area contributed by atoms with E-state index in [1.165, 1.54) is 0 Å². The van der Waals surface area contributed by atoms with Crippen molar-refractivity contribution in [3.63, 3.8) is 0 Å². The molecule has 0 atom stereocenters. The van der Waals surface area contributed by atoms with Gasteiger partial charge in [-0.15, -0.1) is 0 Å². The Hall–Kier alpha value is -2.69. The van der Waals surface area contributed by atoms with Crippen molar-refractivity contribution in [2.45, 2.75) is 6.92 Å². The fourth-order valence-electron chi connectivity index (χ4n) is 1.76. The first-order valence-electron chi connectivity index (χ1n) is 6.58. The molecule has 21 heavy (non-hydrogen) atoms. The summed E-state index contributed by atoms with van der Waals surface area (Å²) in [6, 6.07) is 15.2. The predicted molar refractivity (Wildman–Crippen MR) is 85.4 cm³/mol. The van der Waals surface area contributed by atoms with E-state index in [4.69, 9.17) is 5.21 Å². The number of azo groups is 1. The van der Waals surface area contributed by atoms with Crippen LogP contribution in [0.1, 0.15) is 12.5 Å². The molecule has 5 heteroatoms. The van der Waals surface area contributed by atoms with E-state index in [0.29, 0.717) is 5.71 Å². The zero-order chi connectivity index (χ0) is 15.2. The van der Waals surface area contributed by atoms with Crippen LogP contribution in [0.25, 0.3) is 0 Å². The molecule has 2 aromatic carbocycles. The van der Waals surface area contributed by atoms with Crippen molar-refractivity contribution in [3.8, 4) is 0 Å². The Morgan fingerprint density at radius 2 is 1.33 bits per heavy atom. The summed E-state index contributed by atoms with van der Waals surface area (Å²) in [5, 5.41) is 20.3. The van der Waals surface area contributed by atoms with Gasteiger partial charge in [0.05, 0.1) is 17.1 Å². The lowest BCUT2D eigenvalue weighted by atomic mass is 10.1. The van der Waals surface area contributed by atoms with E-state index < -0.39 is 0 Å². The largest absolute Gasteiger partial charge is 0.411 e. The Balaban J connectivity index is 2.10. The van der Waals surface area contributed by atoms with Crippen molar-refractivity contribution >= 4 is 22.8 Å². The van der Waals surface area contributed by atoms with Gasteiger partial charge in [0.25, 0.3) is 0 Å². The first-order chi connectivity index (χ1) is 10.1. The molecule has 0 heterocycles. The van der Waals surface area contributed by atoms with Crippen LogP contribution in [0.3, 0.4) is 0 Å². The van der Waals surface area contributed by atoms with Crippen molar-refractivity contribution in [1.29, 1.82) is 0 Å². The van der Waals surface area contributed by atoms with Crippen LogP contribution >= 0.6 is 0 Å². The highest BCUT2D eigenvalue weighted by Crippen LogP contribution is 2.21. The first-order valence-corrected chi connectivity index (χ1v) is 6.58. The molecule has 0 saturated carbocycles. The van der Waals surface area contributed by atoms with Crippen LogP contribution in [-0.2, 0) is 0 Å². The average molecular weight is 282 g/mol. The van der Waals surface area contributed by atoms with Crippen LogP contribution in [-0.4, -0.2) is 25.0 Å². The van der Waals surface area contributed by atoms with Crippen molar-refractivity contribution < 1.29 is 5.21 Å². The van der Waals surface area contributed by atoms with Crippen molar-refractivity contribution in [2.24, 2.45) is 15.4 Å². The molecule has 1 N–H and O–H groups in total. The second-order valence-corrected chi connectivity index (χ2v) is 4.84. The van der Waals surface area contributed by atoms with E-state index in [9.17, 15) is 0 Å².